The van der Waals surface area contributed by atoms with E-state index in [0.29, 0.717) is 0 Å². The van der Waals surface area contributed by atoms with Crippen LogP contribution in [0.15, 0.2) is 0 Å². The maximum atomic E-state index is 7.42. The molecule has 0 radical (unpaired) electrons. The van der Waals surface area contributed by atoms with E-state index < -0.39 is 0 Å². The molecule has 17 heavy (non-hydrogen) atoms. The van der Waals surface area contributed by atoms with Gasteiger partial charge in [0, 0.05) is 0 Å². The van der Waals surface area contributed by atoms with Crippen molar-refractivity contribution in [3.63, 3.8) is 0 Å². The molecular weight excluding hydrogens is 208 g/mol. The van der Waals surface area contributed by atoms with E-state index >= 15 is 0 Å². The zero-order valence-electron chi connectivity index (χ0n) is 12.4. The lowest BCUT2D eigenvalue weighted by Crippen LogP contribution is -2.21. The van der Waals surface area contributed by atoms with E-state index in [4.69, 9.17) is 6.57 Å². The van der Waals surface area contributed by atoms with Crippen molar-refractivity contribution >= 4 is 5.82 Å². The summed E-state index contributed by atoms with van der Waals surface area (Å²) in [5.74, 6) is 0.792. The summed E-state index contributed by atoms with van der Waals surface area (Å²) in [6.45, 7) is 22.8. The predicted molar refractivity (Wildman–Crippen MR) is 73.8 cm³/mol. The van der Waals surface area contributed by atoms with Crippen LogP contribution in [0.5, 0.6) is 0 Å². The van der Waals surface area contributed by atoms with E-state index in [-0.39, 0.29) is 10.8 Å². The first-order valence-corrected chi connectivity index (χ1v) is 6.09. The molecular formula is C15H24N2. The second-order valence-corrected chi connectivity index (χ2v) is 6.83. The topological polar surface area (TPSA) is 9.29 Å². The van der Waals surface area contributed by atoms with Crippen molar-refractivity contribution in [2.75, 3.05) is 0 Å². The largest absolute Gasteiger partial charge is 0.364 e. The zero-order chi connectivity index (χ0) is 13.6. The van der Waals surface area contributed by atoms with Crippen molar-refractivity contribution in [1.82, 2.24) is 4.57 Å². The maximum Gasteiger partial charge on any atom is 0.234 e. The Morgan fingerprint density at radius 3 is 1.65 bits per heavy atom. The third-order valence-corrected chi connectivity index (χ3v) is 3.26. The van der Waals surface area contributed by atoms with Gasteiger partial charge in [0.05, 0.1) is 12.7 Å². The molecule has 1 heterocycles. The Labute approximate surface area is 105 Å². The molecule has 0 unspecified atom stereocenters. The lowest BCUT2D eigenvalue weighted by Gasteiger charge is -2.27. The van der Waals surface area contributed by atoms with E-state index in [0.717, 1.165) is 5.82 Å². The lowest BCUT2D eigenvalue weighted by molar-refractivity contribution is 0.533. The van der Waals surface area contributed by atoms with Gasteiger partial charge in [0.1, 0.15) is 0 Å². The van der Waals surface area contributed by atoms with Gasteiger partial charge < -0.3 is 4.85 Å². The minimum absolute atomic E-state index is 0.00845. The molecule has 0 aliphatic carbocycles. The summed E-state index contributed by atoms with van der Waals surface area (Å²) in [7, 11) is 1.99. The van der Waals surface area contributed by atoms with Crippen LogP contribution in [0, 0.1) is 13.5 Å². The second-order valence-electron chi connectivity index (χ2n) is 6.83. The Hall–Kier alpha value is -1.23. The summed E-state index contributed by atoms with van der Waals surface area (Å²) in [6, 6.07) is 0. The molecule has 1 aromatic heterocycles. The molecule has 0 atom stereocenters. The molecule has 1 aromatic rings. The summed E-state index contributed by atoms with van der Waals surface area (Å²) < 4.78 is 2.04. The van der Waals surface area contributed by atoms with Crippen molar-refractivity contribution in [3.8, 4) is 0 Å². The van der Waals surface area contributed by atoms with Crippen LogP contribution >= 0.6 is 0 Å². The van der Waals surface area contributed by atoms with Crippen LogP contribution in [0.4, 0.5) is 5.82 Å². The van der Waals surface area contributed by atoms with Gasteiger partial charge in [-0.1, -0.05) is 48.1 Å². The molecule has 0 spiro atoms. The van der Waals surface area contributed by atoms with Crippen molar-refractivity contribution in [2.24, 2.45) is 7.05 Å². The first-order valence-electron chi connectivity index (χ1n) is 6.09. The number of hydrogen-bond donors (Lipinski definition) is 0. The molecule has 0 aliphatic heterocycles. The highest BCUT2D eigenvalue weighted by Gasteiger charge is 2.33. The molecule has 0 N–H and O–H groups in total. The van der Waals surface area contributed by atoms with Crippen LogP contribution in [0.1, 0.15) is 58.4 Å². The summed E-state index contributed by atoms with van der Waals surface area (Å²) in [5, 5.41) is 0. The van der Waals surface area contributed by atoms with Crippen molar-refractivity contribution in [1.29, 1.82) is 0 Å². The van der Waals surface area contributed by atoms with Crippen molar-refractivity contribution in [2.45, 2.75) is 59.3 Å². The Balaban J connectivity index is 3.78. The van der Waals surface area contributed by atoms with E-state index in [1.54, 1.807) is 0 Å². The lowest BCUT2D eigenvalue weighted by atomic mass is 9.76. The SMILES string of the molecule is [C-]#[N+]c1c(C(C)(C)C)c(C(C)(C)C)c(C)n1C. The summed E-state index contributed by atoms with van der Waals surface area (Å²) in [6.07, 6.45) is 0. The average Bonchev–Trinajstić information content (AvgIpc) is 2.38. The molecule has 2 nitrogen and oxygen atoms in total. The molecule has 0 saturated heterocycles. The molecule has 94 valence electrons. The Bertz CT molecular complexity index is 471. The molecule has 0 amide bonds. The Morgan fingerprint density at radius 1 is 0.941 bits per heavy atom. The monoisotopic (exact) mass is 232 g/mol. The minimum atomic E-state index is 0.00845. The third-order valence-electron chi connectivity index (χ3n) is 3.26. The summed E-state index contributed by atoms with van der Waals surface area (Å²) >= 11 is 0. The zero-order valence-corrected chi connectivity index (χ0v) is 12.4. The summed E-state index contributed by atoms with van der Waals surface area (Å²) in [5.41, 5.74) is 3.84. The fourth-order valence-corrected chi connectivity index (χ4v) is 2.55. The fourth-order valence-electron chi connectivity index (χ4n) is 2.55. The maximum absolute atomic E-state index is 7.42. The van der Waals surface area contributed by atoms with Gasteiger partial charge in [0.25, 0.3) is 0 Å². The predicted octanol–water partition coefficient (Wildman–Crippen LogP) is 4.48. The highest BCUT2D eigenvalue weighted by Crippen LogP contribution is 2.43. The van der Waals surface area contributed by atoms with Crippen LogP contribution < -0.4 is 0 Å². The first-order chi connectivity index (χ1) is 7.51. The Morgan fingerprint density at radius 2 is 1.35 bits per heavy atom. The third kappa shape index (κ3) is 2.24. The number of rotatable bonds is 0. The van der Waals surface area contributed by atoms with Gasteiger partial charge in [-0.05, 0) is 28.9 Å². The molecule has 0 fully saturated rings. The highest BCUT2D eigenvalue weighted by atomic mass is 15.1. The normalized spacial score (nSPS) is 12.6. The Kier molecular flexibility index (Phi) is 3.18. The standard InChI is InChI=1S/C15H24N2/c1-10-11(14(2,3)4)12(15(5,6)7)13(16-8)17(10)9/h1-7,9H3. The molecule has 0 aliphatic rings. The molecule has 2 heteroatoms. The van der Waals surface area contributed by atoms with Crippen LogP contribution in [0.25, 0.3) is 4.85 Å². The van der Waals surface area contributed by atoms with Crippen LogP contribution in [0.2, 0.25) is 0 Å². The van der Waals surface area contributed by atoms with E-state index in [2.05, 4.69) is 53.3 Å². The van der Waals surface area contributed by atoms with Gasteiger partial charge in [-0.3, -0.25) is 4.57 Å². The van der Waals surface area contributed by atoms with Gasteiger partial charge in [0.15, 0.2) is 0 Å². The first kappa shape index (κ1) is 13.8. The average molecular weight is 232 g/mol. The molecule has 0 saturated carbocycles. The van der Waals surface area contributed by atoms with E-state index in [9.17, 15) is 0 Å². The number of hydrogen-bond acceptors (Lipinski definition) is 0. The van der Waals surface area contributed by atoms with Gasteiger partial charge in [-0.25, -0.2) is 0 Å². The number of nitrogens with zero attached hydrogens (tertiary/aromatic N) is 2. The fraction of sp³-hybridized carbons (Fsp3) is 0.667. The minimum Gasteiger partial charge on any atom is -0.364 e. The van der Waals surface area contributed by atoms with Crippen LogP contribution in [0.3, 0.4) is 0 Å². The van der Waals surface area contributed by atoms with E-state index in [1.165, 1.54) is 16.8 Å². The molecule has 0 aromatic carbocycles. The van der Waals surface area contributed by atoms with Gasteiger partial charge in [-0.15, -0.1) is 0 Å². The van der Waals surface area contributed by atoms with E-state index in [1.807, 2.05) is 11.6 Å². The van der Waals surface area contributed by atoms with Crippen molar-refractivity contribution < 1.29 is 0 Å². The molecule has 0 bridgehead atoms. The summed E-state index contributed by atoms with van der Waals surface area (Å²) in [4.78, 5) is 3.74. The quantitative estimate of drug-likeness (QED) is 0.583. The highest BCUT2D eigenvalue weighted by molar-refractivity contribution is 5.60. The van der Waals surface area contributed by atoms with Gasteiger partial charge in [0.2, 0.25) is 5.82 Å². The van der Waals surface area contributed by atoms with Crippen LogP contribution in [-0.4, -0.2) is 4.57 Å². The second kappa shape index (κ2) is 3.91. The molecule has 1 rings (SSSR count). The number of aromatic nitrogens is 1. The van der Waals surface area contributed by atoms with Gasteiger partial charge in [-0.2, -0.15) is 0 Å². The smallest absolute Gasteiger partial charge is 0.234 e. The van der Waals surface area contributed by atoms with Crippen molar-refractivity contribution in [3.05, 3.63) is 28.2 Å². The van der Waals surface area contributed by atoms with Crippen LogP contribution in [-0.2, 0) is 17.9 Å². The van der Waals surface area contributed by atoms with Gasteiger partial charge >= 0.3 is 0 Å².